The maximum atomic E-state index is 10.8. The lowest BCUT2D eigenvalue weighted by atomic mass is 10.3. The van der Waals surface area contributed by atoms with E-state index >= 15 is 0 Å². The maximum absolute atomic E-state index is 10.8. The molecule has 0 aromatic carbocycles. The number of hydrogen-bond acceptors (Lipinski definition) is 4. The van der Waals surface area contributed by atoms with Gasteiger partial charge in [0.15, 0.2) is 0 Å². The Morgan fingerprint density at radius 1 is 1.54 bits per heavy atom. The molecule has 1 fully saturated rings. The summed E-state index contributed by atoms with van der Waals surface area (Å²) < 4.78 is 21.7. The summed E-state index contributed by atoms with van der Waals surface area (Å²) in [6.45, 7) is 2.80. The minimum Gasteiger partial charge on any atom is -0.326 e. The Morgan fingerprint density at radius 3 is 2.69 bits per heavy atom. The van der Waals surface area contributed by atoms with Crippen molar-refractivity contribution < 1.29 is 8.42 Å². The van der Waals surface area contributed by atoms with Crippen LogP contribution in [-0.2, 0) is 9.84 Å². The Labute approximate surface area is 80.0 Å². The van der Waals surface area contributed by atoms with Crippen LogP contribution in [0.25, 0.3) is 0 Å². The van der Waals surface area contributed by atoms with E-state index in [-0.39, 0.29) is 0 Å². The molecule has 0 aromatic heterocycles. The zero-order chi connectivity index (χ0) is 9.90. The van der Waals surface area contributed by atoms with Gasteiger partial charge in [0.2, 0.25) is 0 Å². The Bertz CT molecular complexity index is 251. The summed E-state index contributed by atoms with van der Waals surface area (Å²) in [5, 5.41) is 0. The number of hydrogen-bond donors (Lipinski definition) is 1. The van der Waals surface area contributed by atoms with Crippen molar-refractivity contribution >= 4 is 9.84 Å². The lowest BCUT2D eigenvalue weighted by molar-refractivity contribution is 0.335. The molecule has 1 rings (SSSR count). The molecule has 13 heavy (non-hydrogen) atoms. The van der Waals surface area contributed by atoms with Gasteiger partial charge in [0.05, 0.1) is 5.75 Å². The van der Waals surface area contributed by atoms with E-state index in [0.717, 1.165) is 32.5 Å². The molecule has 1 saturated heterocycles. The summed E-state index contributed by atoms with van der Waals surface area (Å²) in [5.41, 5.74) is 5.72. The highest BCUT2D eigenvalue weighted by Crippen LogP contribution is 2.07. The minimum atomic E-state index is -2.79. The van der Waals surface area contributed by atoms with Crippen molar-refractivity contribution in [2.24, 2.45) is 5.73 Å². The monoisotopic (exact) mass is 206 g/mol. The fourth-order valence-corrected chi connectivity index (χ4v) is 2.27. The van der Waals surface area contributed by atoms with E-state index in [4.69, 9.17) is 5.73 Å². The molecule has 1 heterocycles. The lowest BCUT2D eigenvalue weighted by Crippen LogP contribution is -2.28. The molecule has 0 spiro atoms. The van der Waals surface area contributed by atoms with Crippen LogP contribution < -0.4 is 5.73 Å². The Balaban J connectivity index is 2.14. The van der Waals surface area contributed by atoms with Crippen LogP contribution in [-0.4, -0.2) is 51.0 Å². The fourth-order valence-electron chi connectivity index (χ4n) is 1.62. The molecule has 0 aliphatic carbocycles. The summed E-state index contributed by atoms with van der Waals surface area (Å²) in [6.07, 6.45) is 3.05. The molecule has 0 aromatic rings. The molecule has 78 valence electrons. The van der Waals surface area contributed by atoms with E-state index in [9.17, 15) is 8.42 Å². The van der Waals surface area contributed by atoms with Gasteiger partial charge >= 0.3 is 0 Å². The van der Waals surface area contributed by atoms with Gasteiger partial charge in [-0.1, -0.05) is 0 Å². The predicted octanol–water partition coefficient (Wildman–Crippen LogP) is -0.546. The number of sulfone groups is 1. The molecular weight excluding hydrogens is 188 g/mol. The number of nitrogens with two attached hydrogens (primary N) is 1. The highest BCUT2D eigenvalue weighted by Gasteiger charge is 2.18. The summed E-state index contributed by atoms with van der Waals surface area (Å²) in [6, 6.07) is 0.290. The molecule has 0 amide bonds. The van der Waals surface area contributed by atoms with Gasteiger partial charge in [-0.2, -0.15) is 0 Å². The van der Waals surface area contributed by atoms with E-state index in [0.29, 0.717) is 11.8 Å². The van der Waals surface area contributed by atoms with Crippen molar-refractivity contribution in [1.29, 1.82) is 0 Å². The molecule has 0 bridgehead atoms. The average Bonchev–Trinajstić information content (AvgIpc) is 2.33. The Hall–Kier alpha value is -0.130. The van der Waals surface area contributed by atoms with E-state index in [1.807, 2.05) is 0 Å². The third kappa shape index (κ3) is 4.59. The maximum Gasteiger partial charge on any atom is 0.147 e. The van der Waals surface area contributed by atoms with Crippen molar-refractivity contribution in [3.8, 4) is 0 Å². The third-order valence-corrected chi connectivity index (χ3v) is 3.33. The van der Waals surface area contributed by atoms with Crippen LogP contribution in [0.5, 0.6) is 0 Å². The average molecular weight is 206 g/mol. The van der Waals surface area contributed by atoms with Crippen molar-refractivity contribution in [3.63, 3.8) is 0 Å². The van der Waals surface area contributed by atoms with Crippen molar-refractivity contribution in [1.82, 2.24) is 4.90 Å². The largest absolute Gasteiger partial charge is 0.326 e. The molecule has 0 radical (unpaired) electrons. The van der Waals surface area contributed by atoms with E-state index in [1.54, 1.807) is 0 Å². The number of rotatable bonds is 4. The first kappa shape index (κ1) is 10.9. The van der Waals surface area contributed by atoms with Gasteiger partial charge in [-0.05, 0) is 25.9 Å². The zero-order valence-corrected chi connectivity index (χ0v) is 8.89. The lowest BCUT2D eigenvalue weighted by Gasteiger charge is -2.13. The summed E-state index contributed by atoms with van der Waals surface area (Å²) in [5.74, 6) is 0.290. The van der Waals surface area contributed by atoms with Gasteiger partial charge in [-0.25, -0.2) is 8.42 Å². The first-order chi connectivity index (χ1) is 5.97. The van der Waals surface area contributed by atoms with Gasteiger partial charge < -0.3 is 10.6 Å². The van der Waals surface area contributed by atoms with Crippen LogP contribution in [0.3, 0.4) is 0 Å². The molecule has 1 aliphatic heterocycles. The second-order valence-electron chi connectivity index (χ2n) is 3.83. The molecule has 0 saturated carbocycles. The van der Waals surface area contributed by atoms with Crippen molar-refractivity contribution in [2.45, 2.75) is 18.9 Å². The van der Waals surface area contributed by atoms with Crippen LogP contribution in [0.1, 0.15) is 12.8 Å². The van der Waals surface area contributed by atoms with Crippen LogP contribution >= 0.6 is 0 Å². The highest BCUT2D eigenvalue weighted by molar-refractivity contribution is 7.90. The molecule has 5 heteroatoms. The van der Waals surface area contributed by atoms with Crippen molar-refractivity contribution in [2.75, 3.05) is 31.6 Å². The molecule has 4 nitrogen and oxygen atoms in total. The Morgan fingerprint density at radius 2 is 2.23 bits per heavy atom. The number of nitrogens with zero attached hydrogens (tertiary/aromatic N) is 1. The first-order valence-corrected chi connectivity index (χ1v) is 6.69. The summed E-state index contributed by atoms with van der Waals surface area (Å²) >= 11 is 0. The standard InChI is InChI=1S/C8H18N2O2S/c1-13(11,12)6-2-4-10-5-3-8(9)7-10/h8H,2-7,9H2,1H3/t8-/m0/s1. The predicted molar refractivity (Wildman–Crippen MR) is 53.4 cm³/mol. The topological polar surface area (TPSA) is 63.4 Å². The third-order valence-electron chi connectivity index (χ3n) is 2.30. The van der Waals surface area contributed by atoms with Crippen molar-refractivity contribution in [3.05, 3.63) is 0 Å². The van der Waals surface area contributed by atoms with E-state index < -0.39 is 9.84 Å². The molecule has 1 aliphatic rings. The normalized spacial score (nSPS) is 25.2. The second-order valence-corrected chi connectivity index (χ2v) is 6.09. The minimum absolute atomic E-state index is 0.290. The van der Waals surface area contributed by atoms with Gasteiger partial charge in [0.1, 0.15) is 9.84 Å². The van der Waals surface area contributed by atoms with Crippen LogP contribution in [0.4, 0.5) is 0 Å². The molecule has 1 atom stereocenters. The van der Waals surface area contributed by atoms with Crippen LogP contribution in [0.2, 0.25) is 0 Å². The highest BCUT2D eigenvalue weighted by atomic mass is 32.2. The van der Waals surface area contributed by atoms with Crippen LogP contribution in [0, 0.1) is 0 Å². The quantitative estimate of drug-likeness (QED) is 0.670. The SMILES string of the molecule is CS(=O)(=O)CCCN1CC[C@H](N)C1. The van der Waals surface area contributed by atoms with Gasteiger partial charge in [0.25, 0.3) is 0 Å². The van der Waals surface area contributed by atoms with Crippen LogP contribution in [0.15, 0.2) is 0 Å². The Kier molecular flexibility index (Phi) is 3.70. The number of likely N-dealkylation sites (tertiary alicyclic amines) is 1. The molecule has 0 unspecified atom stereocenters. The van der Waals surface area contributed by atoms with Gasteiger partial charge in [0, 0.05) is 18.8 Å². The smallest absolute Gasteiger partial charge is 0.147 e. The van der Waals surface area contributed by atoms with Gasteiger partial charge in [-0.3, -0.25) is 0 Å². The first-order valence-electron chi connectivity index (χ1n) is 4.63. The zero-order valence-electron chi connectivity index (χ0n) is 8.07. The second kappa shape index (κ2) is 4.39. The van der Waals surface area contributed by atoms with E-state index in [2.05, 4.69) is 4.90 Å². The molecular formula is C8H18N2O2S. The summed E-state index contributed by atoms with van der Waals surface area (Å²) in [7, 11) is -2.79. The van der Waals surface area contributed by atoms with Gasteiger partial charge in [-0.15, -0.1) is 0 Å². The molecule has 2 N–H and O–H groups in total. The fraction of sp³-hybridized carbons (Fsp3) is 1.00. The summed E-state index contributed by atoms with van der Waals surface area (Å²) in [4.78, 5) is 2.23. The van der Waals surface area contributed by atoms with E-state index in [1.165, 1.54) is 6.26 Å².